The molecule has 0 radical (unpaired) electrons. The quantitative estimate of drug-likeness (QED) is 0.722. The van der Waals surface area contributed by atoms with E-state index < -0.39 is 0 Å². The Bertz CT molecular complexity index is 373. The van der Waals surface area contributed by atoms with Crippen LogP contribution in [0.2, 0.25) is 0 Å². The van der Waals surface area contributed by atoms with Gasteiger partial charge in [-0.2, -0.15) is 0 Å². The molecule has 0 saturated heterocycles. The van der Waals surface area contributed by atoms with E-state index in [9.17, 15) is 0 Å². The van der Waals surface area contributed by atoms with Crippen molar-refractivity contribution in [2.45, 2.75) is 91.4 Å². The summed E-state index contributed by atoms with van der Waals surface area (Å²) in [6.45, 7) is 23.5. The molecule has 0 spiro atoms. The highest BCUT2D eigenvalue weighted by atomic mass is 15.2. The molecule has 0 heterocycles. The van der Waals surface area contributed by atoms with E-state index in [0.717, 1.165) is 26.1 Å². The maximum absolute atomic E-state index is 6.72. The van der Waals surface area contributed by atoms with Crippen LogP contribution in [0, 0.1) is 5.92 Å². The van der Waals surface area contributed by atoms with Crippen molar-refractivity contribution < 1.29 is 0 Å². The Balaban J connectivity index is 5.06. The summed E-state index contributed by atoms with van der Waals surface area (Å²) >= 11 is 0. The summed E-state index contributed by atoms with van der Waals surface area (Å²) in [4.78, 5) is 7.28. The lowest BCUT2D eigenvalue weighted by Crippen LogP contribution is -2.52. The van der Waals surface area contributed by atoms with Crippen LogP contribution in [0.15, 0.2) is 0 Å². The van der Waals surface area contributed by atoms with Gasteiger partial charge < -0.3 is 15.5 Å². The molecule has 0 aromatic rings. The summed E-state index contributed by atoms with van der Waals surface area (Å²) in [7, 11) is 6.63. The summed E-state index contributed by atoms with van der Waals surface area (Å²) < 4.78 is 0. The van der Waals surface area contributed by atoms with Crippen LogP contribution in [-0.4, -0.2) is 78.1 Å². The van der Waals surface area contributed by atoms with E-state index in [1.807, 2.05) is 0 Å². The number of nitrogens with zero attached hydrogens (tertiary/aromatic N) is 3. The Labute approximate surface area is 159 Å². The van der Waals surface area contributed by atoms with Crippen molar-refractivity contribution in [2.75, 3.05) is 40.8 Å². The fraction of sp³-hybridized carbons (Fsp3) is 1.00. The maximum atomic E-state index is 6.72. The average Bonchev–Trinajstić information content (AvgIpc) is 2.39. The molecule has 0 bridgehead atoms. The second kappa shape index (κ2) is 9.16. The van der Waals surface area contributed by atoms with E-state index in [1.54, 1.807) is 0 Å². The van der Waals surface area contributed by atoms with Crippen LogP contribution in [0.1, 0.15) is 68.7 Å². The molecule has 0 aliphatic heterocycles. The lowest BCUT2D eigenvalue weighted by molar-refractivity contribution is 0.0961. The van der Waals surface area contributed by atoms with Gasteiger partial charge in [0.2, 0.25) is 0 Å². The molecule has 2 N–H and O–H groups in total. The third kappa shape index (κ3) is 9.37. The third-order valence-electron chi connectivity index (χ3n) is 5.87. The van der Waals surface area contributed by atoms with Gasteiger partial charge in [-0.3, -0.25) is 4.90 Å². The fourth-order valence-electron chi connectivity index (χ4n) is 2.50. The van der Waals surface area contributed by atoms with Crippen molar-refractivity contribution in [1.29, 1.82) is 0 Å². The molecule has 0 aromatic carbocycles. The van der Waals surface area contributed by atoms with Gasteiger partial charge in [-0.05, 0) is 102 Å². The number of hydrogen-bond acceptors (Lipinski definition) is 4. The smallest absolute Gasteiger partial charge is 0.0209 e. The Morgan fingerprint density at radius 2 is 1.00 bits per heavy atom. The number of nitrogens with two attached hydrogens (primary N) is 1. The lowest BCUT2D eigenvalue weighted by Gasteiger charge is -2.41. The largest absolute Gasteiger partial charge is 0.326 e. The second-order valence-corrected chi connectivity index (χ2v) is 10.9. The molecule has 25 heavy (non-hydrogen) atoms. The first-order chi connectivity index (χ1) is 11.0. The highest BCUT2D eigenvalue weighted by molar-refractivity contribution is 4.86. The van der Waals surface area contributed by atoms with Crippen molar-refractivity contribution >= 4 is 0 Å². The molecular formula is C21H48N4. The Morgan fingerprint density at radius 1 is 0.640 bits per heavy atom. The van der Waals surface area contributed by atoms with Gasteiger partial charge in [0.25, 0.3) is 0 Å². The molecule has 0 aliphatic carbocycles. The van der Waals surface area contributed by atoms with Gasteiger partial charge >= 0.3 is 0 Å². The molecule has 152 valence electrons. The first-order valence-electron chi connectivity index (χ1n) is 9.85. The predicted octanol–water partition coefficient (Wildman–Crippen LogP) is 3.51. The van der Waals surface area contributed by atoms with Crippen LogP contribution in [0.4, 0.5) is 0 Å². The highest BCUT2D eigenvalue weighted by Gasteiger charge is 2.29. The lowest BCUT2D eigenvalue weighted by atomic mass is 9.91. The van der Waals surface area contributed by atoms with Gasteiger partial charge in [0.05, 0.1) is 0 Å². The minimum Gasteiger partial charge on any atom is -0.326 e. The molecule has 0 amide bonds. The van der Waals surface area contributed by atoms with Gasteiger partial charge in [0.15, 0.2) is 0 Å². The molecule has 2 unspecified atom stereocenters. The molecule has 0 rings (SSSR count). The third-order valence-corrected chi connectivity index (χ3v) is 5.87. The zero-order valence-corrected chi connectivity index (χ0v) is 19.4. The molecule has 0 saturated carbocycles. The molecule has 4 heteroatoms. The van der Waals surface area contributed by atoms with Crippen molar-refractivity contribution in [1.82, 2.24) is 14.7 Å². The van der Waals surface area contributed by atoms with E-state index in [0.29, 0.717) is 5.92 Å². The standard InChI is InChI=1S/C21H48N4/c1-19(2,3)23(10)14-13-17(15-24(11)20(4,5)6)18(22)16-25(12)21(7,8)9/h17-18H,13-16,22H2,1-12H3. The Morgan fingerprint density at radius 3 is 1.36 bits per heavy atom. The zero-order valence-electron chi connectivity index (χ0n) is 19.4. The fourth-order valence-corrected chi connectivity index (χ4v) is 2.50. The van der Waals surface area contributed by atoms with E-state index in [1.165, 1.54) is 0 Å². The van der Waals surface area contributed by atoms with E-state index in [-0.39, 0.29) is 22.7 Å². The van der Waals surface area contributed by atoms with Crippen LogP contribution in [0.5, 0.6) is 0 Å². The zero-order chi connectivity index (χ0) is 20.2. The highest BCUT2D eigenvalue weighted by Crippen LogP contribution is 2.21. The number of hydrogen-bond donors (Lipinski definition) is 1. The first kappa shape index (κ1) is 24.8. The molecule has 0 aliphatic rings. The number of likely N-dealkylation sites (N-methyl/N-ethyl adjacent to an activating group) is 1. The van der Waals surface area contributed by atoms with Crippen LogP contribution >= 0.6 is 0 Å². The predicted molar refractivity (Wildman–Crippen MR) is 113 cm³/mol. The molecule has 2 atom stereocenters. The first-order valence-corrected chi connectivity index (χ1v) is 9.85. The Hall–Kier alpha value is -0.160. The number of rotatable bonds is 8. The van der Waals surface area contributed by atoms with Crippen molar-refractivity contribution in [3.05, 3.63) is 0 Å². The SMILES string of the molecule is CN(CCC(CN(C)C(C)(C)C)C(N)CN(C)C(C)(C)C)C(C)(C)C. The molecule has 0 aromatic heterocycles. The summed E-state index contributed by atoms with van der Waals surface area (Å²) in [5.41, 5.74) is 7.24. The Kier molecular flexibility index (Phi) is 9.10. The van der Waals surface area contributed by atoms with Crippen LogP contribution in [0.3, 0.4) is 0 Å². The second-order valence-electron chi connectivity index (χ2n) is 10.9. The summed E-state index contributed by atoms with van der Waals surface area (Å²) in [5, 5.41) is 0. The minimum atomic E-state index is 0.153. The normalized spacial score (nSPS) is 16.8. The van der Waals surface area contributed by atoms with E-state index >= 15 is 0 Å². The van der Waals surface area contributed by atoms with Crippen molar-refractivity contribution in [2.24, 2.45) is 11.7 Å². The van der Waals surface area contributed by atoms with E-state index in [4.69, 9.17) is 5.73 Å². The van der Waals surface area contributed by atoms with Gasteiger partial charge in [-0.15, -0.1) is 0 Å². The van der Waals surface area contributed by atoms with Gasteiger partial charge in [0, 0.05) is 35.7 Å². The molecule has 4 nitrogen and oxygen atoms in total. The molecular weight excluding hydrogens is 308 g/mol. The monoisotopic (exact) mass is 356 g/mol. The summed E-state index contributed by atoms with van der Waals surface area (Å²) in [6, 6.07) is 0.183. The summed E-state index contributed by atoms with van der Waals surface area (Å²) in [5.74, 6) is 0.485. The maximum Gasteiger partial charge on any atom is 0.0209 e. The van der Waals surface area contributed by atoms with Crippen molar-refractivity contribution in [3.63, 3.8) is 0 Å². The van der Waals surface area contributed by atoms with Gasteiger partial charge in [-0.1, -0.05) is 0 Å². The van der Waals surface area contributed by atoms with E-state index in [2.05, 4.69) is 98.2 Å². The van der Waals surface area contributed by atoms with Crippen LogP contribution < -0.4 is 5.73 Å². The topological polar surface area (TPSA) is 35.7 Å². The summed E-state index contributed by atoms with van der Waals surface area (Å²) in [6.07, 6.45) is 1.13. The van der Waals surface area contributed by atoms with Crippen molar-refractivity contribution in [3.8, 4) is 0 Å². The minimum absolute atomic E-state index is 0.153. The van der Waals surface area contributed by atoms with Crippen LogP contribution in [0.25, 0.3) is 0 Å². The average molecular weight is 357 g/mol. The molecule has 0 fully saturated rings. The van der Waals surface area contributed by atoms with Gasteiger partial charge in [0.1, 0.15) is 0 Å². The van der Waals surface area contributed by atoms with Gasteiger partial charge in [-0.25, -0.2) is 0 Å². The van der Waals surface area contributed by atoms with Crippen LogP contribution in [-0.2, 0) is 0 Å².